The summed E-state index contributed by atoms with van der Waals surface area (Å²) in [6.07, 6.45) is 5.04. The van der Waals surface area contributed by atoms with E-state index in [4.69, 9.17) is 4.74 Å². The molecule has 0 radical (unpaired) electrons. The molecule has 0 unspecified atom stereocenters. The number of anilines is 1. The number of aryl methyl sites for hydroxylation is 1. The van der Waals surface area contributed by atoms with E-state index in [0.29, 0.717) is 12.2 Å². The van der Waals surface area contributed by atoms with Gasteiger partial charge in [-0.15, -0.1) is 0 Å². The second kappa shape index (κ2) is 4.66. The van der Waals surface area contributed by atoms with Gasteiger partial charge in [0.1, 0.15) is 6.61 Å². The minimum absolute atomic E-state index is 0.117. The maximum absolute atomic E-state index is 11.8. The molecule has 1 aromatic rings. The monoisotopic (exact) mass is 215 g/mol. The SMILES string of the molecule is Cc1ccc(NC(=O)C2=CC=COC2)cc1. The van der Waals surface area contributed by atoms with E-state index in [2.05, 4.69) is 5.32 Å². The van der Waals surface area contributed by atoms with Crippen LogP contribution in [0.1, 0.15) is 5.56 Å². The zero-order valence-electron chi connectivity index (χ0n) is 9.07. The largest absolute Gasteiger partial charge is 0.496 e. The predicted molar refractivity (Wildman–Crippen MR) is 63.0 cm³/mol. The summed E-state index contributed by atoms with van der Waals surface area (Å²) >= 11 is 0. The number of rotatable bonds is 2. The Morgan fingerprint density at radius 3 is 2.69 bits per heavy atom. The molecule has 0 saturated heterocycles. The molecule has 1 aromatic carbocycles. The zero-order valence-corrected chi connectivity index (χ0v) is 9.07. The van der Waals surface area contributed by atoms with Gasteiger partial charge in [0.15, 0.2) is 0 Å². The summed E-state index contributed by atoms with van der Waals surface area (Å²) in [6.45, 7) is 2.34. The molecule has 2 rings (SSSR count). The van der Waals surface area contributed by atoms with Gasteiger partial charge in [-0.05, 0) is 31.2 Å². The van der Waals surface area contributed by atoms with Crippen molar-refractivity contribution in [3.8, 4) is 0 Å². The molecule has 0 atom stereocenters. The third-order valence-corrected chi connectivity index (χ3v) is 2.31. The van der Waals surface area contributed by atoms with Gasteiger partial charge in [0, 0.05) is 5.69 Å². The highest BCUT2D eigenvalue weighted by molar-refractivity contribution is 6.04. The second-order valence-electron chi connectivity index (χ2n) is 3.65. The molecule has 16 heavy (non-hydrogen) atoms. The quantitative estimate of drug-likeness (QED) is 0.822. The topological polar surface area (TPSA) is 38.3 Å². The van der Waals surface area contributed by atoms with Crippen LogP contribution in [0.2, 0.25) is 0 Å². The van der Waals surface area contributed by atoms with Crippen LogP contribution < -0.4 is 5.32 Å². The first-order valence-corrected chi connectivity index (χ1v) is 5.11. The molecule has 3 heteroatoms. The highest BCUT2D eigenvalue weighted by Gasteiger charge is 2.10. The molecule has 0 aliphatic carbocycles. The molecule has 0 saturated carbocycles. The Kier molecular flexibility index (Phi) is 3.05. The Bertz CT molecular complexity index is 444. The fourth-order valence-corrected chi connectivity index (χ4v) is 1.39. The van der Waals surface area contributed by atoms with Crippen LogP contribution >= 0.6 is 0 Å². The first kappa shape index (κ1) is 10.5. The van der Waals surface area contributed by atoms with Crippen molar-refractivity contribution in [2.45, 2.75) is 6.92 Å². The third kappa shape index (κ3) is 2.51. The summed E-state index contributed by atoms with van der Waals surface area (Å²) < 4.78 is 5.05. The average molecular weight is 215 g/mol. The summed E-state index contributed by atoms with van der Waals surface area (Å²) in [5, 5.41) is 2.82. The van der Waals surface area contributed by atoms with Crippen LogP contribution in [0.25, 0.3) is 0 Å². The van der Waals surface area contributed by atoms with Crippen molar-refractivity contribution in [1.29, 1.82) is 0 Å². The van der Waals surface area contributed by atoms with E-state index < -0.39 is 0 Å². The Morgan fingerprint density at radius 1 is 1.31 bits per heavy atom. The summed E-state index contributed by atoms with van der Waals surface area (Å²) in [4.78, 5) is 11.8. The number of ether oxygens (including phenoxy) is 1. The smallest absolute Gasteiger partial charge is 0.255 e. The van der Waals surface area contributed by atoms with E-state index in [1.807, 2.05) is 31.2 Å². The molecule has 1 aliphatic heterocycles. The van der Waals surface area contributed by atoms with E-state index in [0.717, 1.165) is 5.69 Å². The molecule has 3 nitrogen and oxygen atoms in total. The summed E-state index contributed by atoms with van der Waals surface area (Å²) in [6, 6.07) is 7.68. The van der Waals surface area contributed by atoms with Crippen LogP contribution in [0.5, 0.6) is 0 Å². The van der Waals surface area contributed by atoms with Crippen molar-refractivity contribution in [2.75, 3.05) is 11.9 Å². The Morgan fingerprint density at radius 2 is 2.06 bits per heavy atom. The van der Waals surface area contributed by atoms with E-state index in [9.17, 15) is 4.79 Å². The molecule has 1 amide bonds. The van der Waals surface area contributed by atoms with Gasteiger partial charge in [-0.25, -0.2) is 0 Å². The Labute approximate surface area is 94.4 Å². The van der Waals surface area contributed by atoms with Gasteiger partial charge >= 0.3 is 0 Å². The van der Waals surface area contributed by atoms with Gasteiger partial charge in [0.2, 0.25) is 0 Å². The number of carbonyl (C=O) groups excluding carboxylic acids is 1. The number of benzene rings is 1. The van der Waals surface area contributed by atoms with Crippen molar-refractivity contribution >= 4 is 11.6 Å². The fourth-order valence-electron chi connectivity index (χ4n) is 1.39. The highest BCUT2D eigenvalue weighted by atomic mass is 16.5. The van der Waals surface area contributed by atoms with Gasteiger partial charge in [0.25, 0.3) is 5.91 Å². The maximum Gasteiger partial charge on any atom is 0.255 e. The molecule has 82 valence electrons. The van der Waals surface area contributed by atoms with E-state index in [-0.39, 0.29) is 5.91 Å². The van der Waals surface area contributed by atoms with Crippen molar-refractivity contribution in [3.63, 3.8) is 0 Å². The summed E-state index contributed by atoms with van der Waals surface area (Å²) in [5.41, 5.74) is 2.59. The lowest BCUT2D eigenvalue weighted by Gasteiger charge is -2.10. The van der Waals surface area contributed by atoms with Crippen LogP contribution in [0.3, 0.4) is 0 Å². The molecular weight excluding hydrogens is 202 g/mol. The van der Waals surface area contributed by atoms with Gasteiger partial charge < -0.3 is 10.1 Å². The van der Waals surface area contributed by atoms with Gasteiger partial charge in [-0.2, -0.15) is 0 Å². The van der Waals surface area contributed by atoms with E-state index >= 15 is 0 Å². The molecule has 1 N–H and O–H groups in total. The Hall–Kier alpha value is -2.03. The first-order valence-electron chi connectivity index (χ1n) is 5.11. The predicted octanol–water partition coefficient (Wildman–Crippen LogP) is 2.40. The summed E-state index contributed by atoms with van der Waals surface area (Å²) in [5.74, 6) is -0.117. The average Bonchev–Trinajstić information content (AvgIpc) is 2.33. The molecule has 0 fully saturated rings. The van der Waals surface area contributed by atoms with Gasteiger partial charge in [-0.3, -0.25) is 4.79 Å². The van der Waals surface area contributed by atoms with Crippen LogP contribution in [0.15, 0.2) is 48.3 Å². The lowest BCUT2D eigenvalue weighted by atomic mass is 10.2. The number of carbonyl (C=O) groups is 1. The number of amides is 1. The maximum atomic E-state index is 11.8. The van der Waals surface area contributed by atoms with Crippen molar-refractivity contribution in [1.82, 2.24) is 0 Å². The Balaban J connectivity index is 2.04. The standard InChI is InChI=1S/C13H13NO2/c1-10-4-6-12(7-5-10)14-13(15)11-3-2-8-16-9-11/h2-8H,9H2,1H3,(H,14,15). The van der Waals surface area contributed by atoms with Crippen molar-refractivity contribution < 1.29 is 9.53 Å². The van der Waals surface area contributed by atoms with Crippen molar-refractivity contribution in [2.24, 2.45) is 0 Å². The highest BCUT2D eigenvalue weighted by Crippen LogP contribution is 2.11. The van der Waals surface area contributed by atoms with Crippen LogP contribution in [0, 0.1) is 6.92 Å². The second-order valence-corrected chi connectivity index (χ2v) is 3.65. The zero-order chi connectivity index (χ0) is 11.4. The van der Waals surface area contributed by atoms with Crippen LogP contribution in [-0.2, 0) is 9.53 Å². The molecule has 0 spiro atoms. The van der Waals surface area contributed by atoms with Gasteiger partial charge in [0.05, 0.1) is 11.8 Å². The lowest BCUT2D eigenvalue weighted by molar-refractivity contribution is -0.113. The van der Waals surface area contributed by atoms with Crippen LogP contribution in [0.4, 0.5) is 5.69 Å². The van der Waals surface area contributed by atoms with E-state index in [1.165, 1.54) is 5.56 Å². The van der Waals surface area contributed by atoms with Gasteiger partial charge in [-0.1, -0.05) is 17.7 Å². The number of nitrogens with one attached hydrogen (secondary N) is 1. The number of allylic oxidation sites excluding steroid dienone is 2. The van der Waals surface area contributed by atoms with Crippen LogP contribution in [-0.4, -0.2) is 12.5 Å². The third-order valence-electron chi connectivity index (χ3n) is 2.31. The molecule has 0 aromatic heterocycles. The molecule has 0 bridgehead atoms. The molecular formula is C13H13NO2. The number of hydrogen-bond donors (Lipinski definition) is 1. The summed E-state index contributed by atoms with van der Waals surface area (Å²) in [7, 11) is 0. The normalized spacial score (nSPS) is 13.9. The minimum Gasteiger partial charge on any atom is -0.496 e. The lowest BCUT2D eigenvalue weighted by Crippen LogP contribution is -2.18. The molecule has 1 heterocycles. The van der Waals surface area contributed by atoms with E-state index in [1.54, 1.807) is 18.4 Å². The van der Waals surface area contributed by atoms with Crippen molar-refractivity contribution in [3.05, 3.63) is 53.8 Å². The molecule has 1 aliphatic rings. The minimum atomic E-state index is -0.117. The number of hydrogen-bond acceptors (Lipinski definition) is 2. The fraction of sp³-hybridized carbons (Fsp3) is 0.154. The first-order chi connectivity index (χ1) is 7.75.